The van der Waals surface area contributed by atoms with Crippen molar-refractivity contribution in [2.45, 2.75) is 80.5 Å². The van der Waals surface area contributed by atoms with Gasteiger partial charge in [0.25, 0.3) is 0 Å². The van der Waals surface area contributed by atoms with Gasteiger partial charge >= 0.3 is 7.60 Å². The summed E-state index contributed by atoms with van der Waals surface area (Å²) in [6.07, 6.45) is 1.64. The Bertz CT molecular complexity index is 1480. The molecule has 0 unspecified atom stereocenters. The van der Waals surface area contributed by atoms with E-state index in [1.165, 1.54) is 27.1 Å². The summed E-state index contributed by atoms with van der Waals surface area (Å²) >= 11 is 7.00. The van der Waals surface area contributed by atoms with Gasteiger partial charge in [0.15, 0.2) is 0 Å². The smallest absolute Gasteiger partial charge is 0.254 e. The fourth-order valence-corrected chi connectivity index (χ4v) is 7.08. The van der Waals surface area contributed by atoms with E-state index >= 15 is 0 Å². The second kappa shape index (κ2) is 17.5. The van der Waals surface area contributed by atoms with Crippen molar-refractivity contribution in [2.75, 3.05) is 0 Å². The van der Waals surface area contributed by atoms with Gasteiger partial charge in [0, 0.05) is 26.6 Å². The van der Waals surface area contributed by atoms with Crippen molar-refractivity contribution in [1.82, 2.24) is 0 Å². The van der Waals surface area contributed by atoms with Crippen molar-refractivity contribution < 1.29 is 31.5 Å². The average molecular weight is 739 g/mol. The van der Waals surface area contributed by atoms with E-state index in [9.17, 15) is 22.0 Å². The number of nitrogens with two attached hydrogens (primary N) is 1. The van der Waals surface area contributed by atoms with Crippen LogP contribution in [0.15, 0.2) is 70.0 Å². The van der Waals surface area contributed by atoms with Crippen molar-refractivity contribution in [3.63, 3.8) is 0 Å². The number of hydrogen-bond donors (Lipinski definition) is 1. The lowest BCUT2D eigenvalue weighted by molar-refractivity contribution is -0.0881. The highest BCUT2D eigenvalue weighted by Gasteiger charge is 2.29. The molecule has 0 aliphatic rings. The molecule has 238 valence electrons. The number of hydrogen-bond acceptors (Lipinski definition) is 7. The molecule has 13 heteroatoms. The largest absolute Gasteiger partial charge is 0.399 e. The molecule has 3 aromatic carbocycles. The van der Waals surface area contributed by atoms with Gasteiger partial charge in [-0.3, -0.25) is 4.57 Å². The van der Waals surface area contributed by atoms with Gasteiger partial charge in [-0.15, -0.1) is 21.2 Å². The van der Waals surface area contributed by atoms with Crippen LogP contribution in [0.3, 0.4) is 0 Å². The summed E-state index contributed by atoms with van der Waals surface area (Å²) in [5.74, 6) is 2.57. The van der Waals surface area contributed by atoms with E-state index < -0.39 is 28.5 Å². The molecule has 0 amide bonds. The molecule has 0 aliphatic heterocycles. The minimum absolute atomic E-state index is 0.443. The molecule has 0 radical (unpaired) electrons. The summed E-state index contributed by atoms with van der Waals surface area (Å²) in [4.78, 5) is 1.31. The van der Waals surface area contributed by atoms with Gasteiger partial charge in [0.2, 0.25) is 10.0 Å². The maximum Gasteiger partial charge on any atom is 0.399 e. The van der Waals surface area contributed by atoms with Crippen molar-refractivity contribution in [3.8, 4) is 0 Å². The molecule has 2 N–H and O–H groups in total. The van der Waals surface area contributed by atoms with Gasteiger partial charge in [0.05, 0.1) is 10.9 Å². The predicted octanol–water partition coefficient (Wildman–Crippen LogP) is 9.87. The molecule has 0 heterocycles. The van der Waals surface area contributed by atoms with Crippen LogP contribution in [0.2, 0.25) is 0 Å². The summed E-state index contributed by atoms with van der Waals surface area (Å²) in [5, 5.41) is 4.78. The first kappa shape index (κ1) is 37.9. The Hall–Kier alpha value is -1.24. The average Bonchev–Trinajstić information content (AvgIpc) is 2.97. The number of rotatable bonds is 13. The summed E-state index contributed by atoms with van der Waals surface area (Å²) in [6.45, 7) is 9.08. The lowest BCUT2D eigenvalue weighted by atomic mass is 10.0. The highest BCUT2D eigenvalue weighted by atomic mass is 79.9. The van der Waals surface area contributed by atoms with Crippen LogP contribution in [-0.2, 0) is 60.3 Å². The Morgan fingerprint density at radius 1 is 0.814 bits per heavy atom. The number of thioether (sulfide) groups is 2. The Morgan fingerprint density at radius 3 is 1.79 bits per heavy atom. The van der Waals surface area contributed by atoms with Crippen molar-refractivity contribution >= 4 is 57.1 Å². The molecule has 43 heavy (non-hydrogen) atoms. The Kier molecular flexibility index (Phi) is 15.4. The first-order chi connectivity index (χ1) is 20.1. The topological polar surface area (TPSA) is 95.7 Å². The van der Waals surface area contributed by atoms with Gasteiger partial charge < -0.3 is 0 Å². The molecular formula is C30H39BrF2NO5PS3. The third-order valence-corrected chi connectivity index (χ3v) is 12.2. The fraction of sp³-hybridized carbons (Fsp3) is 0.400. The predicted molar refractivity (Wildman–Crippen MR) is 179 cm³/mol. The molecule has 0 aromatic heterocycles. The maximum absolute atomic E-state index is 12.3. The summed E-state index contributed by atoms with van der Waals surface area (Å²) in [7, 11) is -7.75. The molecule has 3 rings (SSSR count). The Labute approximate surface area is 271 Å². The third-order valence-electron chi connectivity index (χ3n) is 6.45. The quantitative estimate of drug-likeness (QED) is 0.138. The molecular weight excluding hydrogens is 699 g/mol. The van der Waals surface area contributed by atoms with Crippen LogP contribution in [0, 0.1) is 0 Å². The highest BCUT2D eigenvalue weighted by Crippen LogP contribution is 2.53. The standard InChI is InChI=1S/C26H28BrF2O3PS2.C4H11NO2S/c1-3-22-11-12-25(14-23(22)4-2)35-18-20-7-5-19(6-8-20)16-34-17-21-9-10-24(26(27)13-21)15-33(30,31-28)32-29;1-4(2,3)8(5,6)7/h5-14H,3-4,15-18H2,1-2H3;1-3H3,(H2,5,6,7). The van der Waals surface area contributed by atoms with E-state index in [0.717, 1.165) is 35.7 Å². The van der Waals surface area contributed by atoms with Gasteiger partial charge in [0.1, 0.15) is 0 Å². The number of halogens is 3. The minimum atomic E-state index is -4.41. The molecule has 0 fully saturated rings. The van der Waals surface area contributed by atoms with Gasteiger partial charge in [-0.05, 0) is 94.2 Å². The van der Waals surface area contributed by atoms with E-state index in [4.69, 9.17) is 5.14 Å². The molecule has 0 aliphatic carbocycles. The van der Waals surface area contributed by atoms with E-state index in [1.807, 2.05) is 23.9 Å². The molecule has 0 bridgehead atoms. The SMILES string of the molecule is CC(C)(C)S(N)(=O)=O.CCc1ccc(SCc2ccc(CSCc3ccc(CP(=O)(OF)OF)c(Br)c3)cc2)cc1CC. The van der Waals surface area contributed by atoms with Gasteiger partial charge in [-0.1, -0.05) is 72.2 Å². The van der Waals surface area contributed by atoms with Crippen LogP contribution < -0.4 is 5.14 Å². The summed E-state index contributed by atoms with van der Waals surface area (Å²) < 4.78 is 63.3. The number of sulfonamides is 1. The lowest BCUT2D eigenvalue weighted by Crippen LogP contribution is -2.34. The zero-order valence-electron chi connectivity index (χ0n) is 24.9. The molecule has 0 saturated heterocycles. The molecule has 0 saturated carbocycles. The van der Waals surface area contributed by atoms with Crippen molar-refractivity contribution in [1.29, 1.82) is 0 Å². The van der Waals surface area contributed by atoms with Crippen LogP contribution in [-0.4, -0.2) is 13.2 Å². The maximum atomic E-state index is 12.3. The van der Waals surface area contributed by atoms with E-state index in [1.54, 1.807) is 38.6 Å². The van der Waals surface area contributed by atoms with E-state index in [-0.39, 0.29) is 0 Å². The second-order valence-electron chi connectivity index (χ2n) is 10.7. The van der Waals surface area contributed by atoms with Crippen LogP contribution in [0.4, 0.5) is 9.05 Å². The number of primary sulfonamides is 1. The molecule has 0 atom stereocenters. The second-order valence-corrected chi connectivity index (χ2v) is 17.7. The lowest BCUT2D eigenvalue weighted by Gasteiger charge is -2.13. The third kappa shape index (κ3) is 12.6. The van der Waals surface area contributed by atoms with E-state index in [0.29, 0.717) is 10.0 Å². The van der Waals surface area contributed by atoms with Crippen LogP contribution in [0.1, 0.15) is 68.0 Å². The van der Waals surface area contributed by atoms with Crippen LogP contribution in [0.25, 0.3) is 0 Å². The molecule has 3 aromatic rings. The Balaban J connectivity index is 0.000000708. The highest BCUT2D eigenvalue weighted by molar-refractivity contribution is 9.10. The number of aryl methyl sites for hydroxylation is 2. The monoisotopic (exact) mass is 737 g/mol. The molecule has 6 nitrogen and oxygen atoms in total. The first-order valence-corrected chi connectivity index (χ1v) is 19.7. The summed E-state index contributed by atoms with van der Waals surface area (Å²) in [6, 6.07) is 20.9. The van der Waals surface area contributed by atoms with Crippen LogP contribution >= 0.6 is 47.0 Å². The normalized spacial score (nSPS) is 12.1. The van der Waals surface area contributed by atoms with Crippen LogP contribution in [0.5, 0.6) is 0 Å². The zero-order chi connectivity index (χ0) is 32.3. The van der Waals surface area contributed by atoms with Crippen molar-refractivity contribution in [3.05, 3.63) is 98.5 Å². The van der Waals surface area contributed by atoms with Gasteiger partial charge in [-0.2, -0.15) is 11.8 Å². The van der Waals surface area contributed by atoms with E-state index in [2.05, 4.69) is 81.7 Å². The number of benzene rings is 3. The first-order valence-electron chi connectivity index (χ1n) is 13.5. The zero-order valence-corrected chi connectivity index (χ0v) is 29.9. The molecule has 0 spiro atoms. The van der Waals surface area contributed by atoms with Gasteiger partial charge in [-0.25, -0.2) is 13.6 Å². The fourth-order valence-electron chi connectivity index (χ4n) is 3.63. The Morgan fingerprint density at radius 2 is 1.30 bits per heavy atom. The minimum Gasteiger partial charge on any atom is -0.254 e. The van der Waals surface area contributed by atoms with Crippen molar-refractivity contribution in [2.24, 2.45) is 5.14 Å². The summed E-state index contributed by atoms with van der Waals surface area (Å²) in [5.41, 5.74) is 6.91.